The standard InChI is InChI=1S/C39H48B2N2O8/c1-40(44)42-15-13-27-21-35(47-4)37(49-6)23-30(27)32(42)18-25-9-8-10-29(17-25)51-39-20-26(11-12-34(39)46-3)19-33-31-24-38(50-7)36(48-5)22-28(31)14-16-43(33)41(2)45/h8-12,17,20-24,32-33,44-45H,13-16,18-19H2,1-7H3/t32-,33-/m1/s1. The Morgan fingerprint density at radius 3 is 1.51 bits per heavy atom. The van der Waals surface area contributed by atoms with E-state index in [4.69, 9.17) is 28.4 Å². The van der Waals surface area contributed by atoms with E-state index < -0.39 is 14.1 Å². The van der Waals surface area contributed by atoms with E-state index in [2.05, 4.69) is 27.8 Å². The lowest BCUT2D eigenvalue weighted by Crippen LogP contribution is -2.45. The Labute approximate surface area is 302 Å². The molecule has 0 spiro atoms. The van der Waals surface area contributed by atoms with E-state index in [1.54, 1.807) is 35.5 Å². The fourth-order valence-electron chi connectivity index (χ4n) is 7.68. The smallest absolute Gasteiger partial charge is 0.376 e. The summed E-state index contributed by atoms with van der Waals surface area (Å²) in [5.74, 6) is 4.65. The van der Waals surface area contributed by atoms with E-state index in [1.807, 2.05) is 62.2 Å². The van der Waals surface area contributed by atoms with Crippen LogP contribution in [0, 0.1) is 0 Å². The lowest BCUT2D eigenvalue weighted by atomic mass is 9.76. The third kappa shape index (κ3) is 7.65. The molecule has 0 fully saturated rings. The average Bonchev–Trinajstić information content (AvgIpc) is 3.13. The van der Waals surface area contributed by atoms with E-state index in [9.17, 15) is 10.0 Å². The normalized spacial score (nSPS) is 17.2. The van der Waals surface area contributed by atoms with Gasteiger partial charge < -0.3 is 48.1 Å². The van der Waals surface area contributed by atoms with Crippen molar-refractivity contribution < 1.29 is 38.5 Å². The van der Waals surface area contributed by atoms with Gasteiger partial charge in [-0.3, -0.25) is 0 Å². The highest BCUT2D eigenvalue weighted by atomic mass is 16.5. The predicted octanol–water partition coefficient (Wildman–Crippen LogP) is 6.03. The van der Waals surface area contributed by atoms with Crippen molar-refractivity contribution in [3.63, 3.8) is 0 Å². The summed E-state index contributed by atoms with van der Waals surface area (Å²) in [7, 11) is 6.97. The average molecular weight is 694 g/mol. The van der Waals surface area contributed by atoms with Gasteiger partial charge in [0.05, 0.1) is 35.5 Å². The summed E-state index contributed by atoms with van der Waals surface area (Å²) in [6.07, 6.45) is 2.90. The van der Waals surface area contributed by atoms with Gasteiger partial charge in [0, 0.05) is 12.1 Å². The lowest BCUT2D eigenvalue weighted by molar-refractivity contribution is 0.268. The molecule has 2 N–H and O–H groups in total. The zero-order chi connectivity index (χ0) is 36.2. The lowest BCUT2D eigenvalue weighted by Gasteiger charge is -2.39. The van der Waals surface area contributed by atoms with Gasteiger partial charge in [-0.05, 0) is 134 Å². The quantitative estimate of drug-likeness (QED) is 0.162. The maximum absolute atomic E-state index is 10.8. The summed E-state index contributed by atoms with van der Waals surface area (Å²) in [6.45, 7) is 5.07. The second kappa shape index (κ2) is 15.9. The van der Waals surface area contributed by atoms with Gasteiger partial charge in [-0.1, -0.05) is 18.2 Å². The molecule has 2 atom stereocenters. The van der Waals surface area contributed by atoms with Gasteiger partial charge >= 0.3 is 14.1 Å². The van der Waals surface area contributed by atoms with Crippen LogP contribution in [0.3, 0.4) is 0 Å². The van der Waals surface area contributed by atoms with Crippen molar-refractivity contribution >= 4 is 14.1 Å². The molecule has 0 saturated heterocycles. The zero-order valence-electron chi connectivity index (χ0n) is 30.6. The van der Waals surface area contributed by atoms with Crippen LogP contribution in [-0.2, 0) is 25.7 Å². The Balaban J connectivity index is 1.28. The van der Waals surface area contributed by atoms with Gasteiger partial charge in [0.25, 0.3) is 0 Å². The van der Waals surface area contributed by atoms with E-state index >= 15 is 0 Å². The fourth-order valence-corrected chi connectivity index (χ4v) is 7.68. The molecule has 0 bridgehead atoms. The van der Waals surface area contributed by atoms with E-state index in [0.29, 0.717) is 53.1 Å². The minimum absolute atomic E-state index is 0.0736. The van der Waals surface area contributed by atoms with E-state index in [0.717, 1.165) is 48.2 Å². The van der Waals surface area contributed by atoms with Crippen molar-refractivity contribution in [2.75, 3.05) is 48.6 Å². The maximum Gasteiger partial charge on any atom is 0.376 e. The predicted molar refractivity (Wildman–Crippen MR) is 200 cm³/mol. The molecule has 4 aromatic carbocycles. The Bertz CT molecular complexity index is 1840. The minimum atomic E-state index is -0.628. The molecule has 0 amide bonds. The Morgan fingerprint density at radius 2 is 1.04 bits per heavy atom. The van der Waals surface area contributed by atoms with Gasteiger partial charge in [-0.2, -0.15) is 0 Å². The molecule has 6 rings (SSSR count). The molecule has 0 radical (unpaired) electrons. The highest BCUT2D eigenvalue weighted by Crippen LogP contribution is 2.43. The molecule has 2 heterocycles. The van der Waals surface area contributed by atoms with Crippen LogP contribution in [0.2, 0.25) is 13.6 Å². The first-order chi connectivity index (χ1) is 24.7. The maximum atomic E-state index is 10.8. The molecule has 0 aliphatic carbocycles. The number of rotatable bonds is 13. The van der Waals surface area contributed by atoms with Crippen molar-refractivity contribution in [2.24, 2.45) is 0 Å². The summed E-state index contributed by atoms with van der Waals surface area (Å²) in [5.41, 5.74) is 6.71. The van der Waals surface area contributed by atoms with Crippen molar-refractivity contribution in [1.29, 1.82) is 0 Å². The number of hydrogen-bond acceptors (Lipinski definition) is 10. The monoisotopic (exact) mass is 694 g/mol. The molecule has 4 aromatic rings. The second-order valence-electron chi connectivity index (χ2n) is 13.2. The van der Waals surface area contributed by atoms with Gasteiger partial charge in [-0.15, -0.1) is 0 Å². The molecule has 0 unspecified atom stereocenters. The van der Waals surface area contributed by atoms with Crippen LogP contribution in [0.4, 0.5) is 0 Å². The van der Waals surface area contributed by atoms with Crippen LogP contribution >= 0.6 is 0 Å². The first-order valence-corrected chi connectivity index (χ1v) is 17.5. The Hall–Kier alpha value is -4.35. The number of fused-ring (bicyclic) bond motifs is 2. The first-order valence-electron chi connectivity index (χ1n) is 17.5. The Morgan fingerprint density at radius 1 is 0.569 bits per heavy atom. The molecule has 0 aromatic heterocycles. The summed E-state index contributed by atoms with van der Waals surface area (Å²) < 4.78 is 34.8. The largest absolute Gasteiger partial charge is 0.493 e. The molecular formula is C39H48B2N2O8. The molecule has 2 aliphatic heterocycles. The zero-order valence-corrected chi connectivity index (χ0v) is 30.6. The molecule has 12 heteroatoms. The molecule has 268 valence electrons. The number of benzene rings is 4. The minimum Gasteiger partial charge on any atom is -0.493 e. The number of ether oxygens (including phenoxy) is 6. The molecule has 0 saturated carbocycles. The number of nitrogens with zero attached hydrogens (tertiary/aromatic N) is 2. The van der Waals surface area contributed by atoms with Crippen molar-refractivity contribution in [1.82, 2.24) is 9.62 Å². The van der Waals surface area contributed by atoms with Gasteiger partial charge in [-0.25, -0.2) is 0 Å². The van der Waals surface area contributed by atoms with Crippen LogP contribution in [0.1, 0.15) is 45.5 Å². The topological polar surface area (TPSA) is 102 Å². The third-order valence-electron chi connectivity index (χ3n) is 10.3. The molecule has 51 heavy (non-hydrogen) atoms. The first kappa shape index (κ1) is 36.4. The van der Waals surface area contributed by atoms with Crippen LogP contribution in [0.5, 0.6) is 40.2 Å². The van der Waals surface area contributed by atoms with Crippen molar-refractivity contribution in [3.05, 3.63) is 100 Å². The highest BCUT2D eigenvalue weighted by Gasteiger charge is 2.35. The van der Waals surface area contributed by atoms with Crippen LogP contribution in [0.15, 0.2) is 66.7 Å². The number of methoxy groups -OCH3 is 5. The van der Waals surface area contributed by atoms with E-state index in [1.165, 1.54) is 11.1 Å². The highest BCUT2D eigenvalue weighted by molar-refractivity contribution is 6.45. The van der Waals surface area contributed by atoms with Crippen LogP contribution < -0.4 is 28.4 Å². The summed E-state index contributed by atoms with van der Waals surface area (Å²) in [6, 6.07) is 22.1. The van der Waals surface area contributed by atoms with Crippen molar-refractivity contribution in [3.8, 4) is 40.2 Å². The SMILES string of the molecule is COc1cc2c(cc1OC)[C@@H](Cc1cccc(Oc3cc(C[C@@H]4c5cc(OC)c(OC)cc5CCN4B(C)O)ccc3OC)c1)N(B(C)O)CC2. The van der Waals surface area contributed by atoms with Crippen LogP contribution in [0.25, 0.3) is 0 Å². The van der Waals surface area contributed by atoms with Crippen molar-refractivity contribution in [2.45, 2.75) is 51.4 Å². The van der Waals surface area contributed by atoms with E-state index in [-0.39, 0.29) is 12.1 Å². The van der Waals surface area contributed by atoms with Gasteiger partial charge in [0.1, 0.15) is 5.75 Å². The van der Waals surface area contributed by atoms with Gasteiger partial charge in [0.2, 0.25) is 0 Å². The second-order valence-corrected chi connectivity index (χ2v) is 13.2. The molecular weight excluding hydrogens is 646 g/mol. The van der Waals surface area contributed by atoms with Crippen LogP contribution in [-0.4, -0.2) is 82.4 Å². The number of hydrogen-bond donors (Lipinski definition) is 2. The molecule has 2 aliphatic rings. The fraction of sp³-hybridized carbons (Fsp3) is 0.385. The van der Waals surface area contributed by atoms with Gasteiger partial charge in [0.15, 0.2) is 34.5 Å². The third-order valence-corrected chi connectivity index (χ3v) is 10.3. The summed E-state index contributed by atoms with van der Waals surface area (Å²) >= 11 is 0. The summed E-state index contributed by atoms with van der Waals surface area (Å²) in [5, 5.41) is 21.6. The molecule has 10 nitrogen and oxygen atoms in total. The summed E-state index contributed by atoms with van der Waals surface area (Å²) in [4.78, 5) is 4.24. The Kier molecular flexibility index (Phi) is 11.4.